The van der Waals surface area contributed by atoms with Gasteiger partial charge in [0.1, 0.15) is 6.04 Å². The van der Waals surface area contributed by atoms with Gasteiger partial charge in [0.15, 0.2) is 0 Å². The number of benzene rings is 1. The molecule has 1 amide bonds. The number of hydrogen-bond donors (Lipinski definition) is 3. The molecule has 1 rings (SSSR count). The number of amides is 1. The minimum absolute atomic E-state index is 0.147. The number of rotatable bonds is 4. The second-order valence-corrected chi connectivity index (χ2v) is 3.77. The molecule has 0 fully saturated rings. The monoisotopic (exact) mass is 251 g/mol. The number of carbonyl (C=O) groups excluding carboxylic acids is 2. The number of methoxy groups -OCH3 is 1. The Hall–Kier alpha value is -2.24. The van der Waals surface area contributed by atoms with Crippen molar-refractivity contribution in [3.05, 3.63) is 23.8 Å². The fourth-order valence-corrected chi connectivity index (χ4v) is 1.45. The minimum atomic E-state index is -0.451. The van der Waals surface area contributed by atoms with Gasteiger partial charge in [-0.2, -0.15) is 0 Å². The third-order valence-electron chi connectivity index (χ3n) is 2.48. The molecule has 0 aliphatic heterocycles. The van der Waals surface area contributed by atoms with Crippen LogP contribution in [-0.4, -0.2) is 32.1 Å². The van der Waals surface area contributed by atoms with Crippen molar-refractivity contribution in [1.29, 1.82) is 0 Å². The standard InChI is InChI=1S/C12H17N3O3/c1-7(11(16)14-2)15-10-5-4-8(6-9(10)13)12(17)18-3/h4-7,15H,13H2,1-3H3,(H,14,16). The Bertz CT molecular complexity index is 460. The number of nitrogens with two attached hydrogens (primary N) is 1. The Labute approximate surface area is 105 Å². The van der Waals surface area contributed by atoms with E-state index < -0.39 is 12.0 Å². The molecule has 6 heteroatoms. The molecule has 6 nitrogen and oxygen atoms in total. The fourth-order valence-electron chi connectivity index (χ4n) is 1.45. The van der Waals surface area contributed by atoms with Crippen LogP contribution in [0.3, 0.4) is 0 Å². The first-order chi connectivity index (χ1) is 8.49. The normalized spacial score (nSPS) is 11.5. The predicted octanol–water partition coefficient (Wildman–Crippen LogP) is 0.602. The van der Waals surface area contributed by atoms with E-state index in [0.29, 0.717) is 16.9 Å². The highest BCUT2D eigenvalue weighted by molar-refractivity contribution is 5.92. The van der Waals surface area contributed by atoms with Gasteiger partial charge in [0.05, 0.1) is 24.0 Å². The van der Waals surface area contributed by atoms with Crippen LogP contribution in [0.4, 0.5) is 11.4 Å². The summed E-state index contributed by atoms with van der Waals surface area (Å²) in [6.45, 7) is 1.71. The van der Waals surface area contributed by atoms with Gasteiger partial charge in [-0.15, -0.1) is 0 Å². The van der Waals surface area contributed by atoms with Gasteiger partial charge in [-0.25, -0.2) is 4.79 Å². The number of nitrogen functional groups attached to an aromatic ring is 1. The van der Waals surface area contributed by atoms with Gasteiger partial charge in [-0.05, 0) is 25.1 Å². The van der Waals surface area contributed by atoms with Crippen molar-refractivity contribution in [1.82, 2.24) is 5.32 Å². The van der Waals surface area contributed by atoms with E-state index in [1.54, 1.807) is 26.1 Å². The zero-order chi connectivity index (χ0) is 13.7. The number of hydrogen-bond acceptors (Lipinski definition) is 5. The van der Waals surface area contributed by atoms with Crippen LogP contribution in [0.1, 0.15) is 17.3 Å². The number of esters is 1. The smallest absolute Gasteiger partial charge is 0.337 e. The van der Waals surface area contributed by atoms with Crippen LogP contribution in [0.25, 0.3) is 0 Å². The van der Waals surface area contributed by atoms with Crippen LogP contribution >= 0.6 is 0 Å². The first-order valence-corrected chi connectivity index (χ1v) is 5.45. The summed E-state index contributed by atoms with van der Waals surface area (Å²) in [6.07, 6.45) is 0. The summed E-state index contributed by atoms with van der Waals surface area (Å²) >= 11 is 0. The van der Waals surface area contributed by atoms with Gasteiger partial charge in [0.2, 0.25) is 5.91 Å². The Kier molecular flexibility index (Phi) is 4.53. The average Bonchev–Trinajstić information content (AvgIpc) is 2.38. The molecule has 0 saturated heterocycles. The zero-order valence-electron chi connectivity index (χ0n) is 10.6. The van der Waals surface area contributed by atoms with Crippen molar-refractivity contribution in [3.63, 3.8) is 0 Å². The van der Waals surface area contributed by atoms with Crippen molar-refractivity contribution in [2.75, 3.05) is 25.2 Å². The maximum absolute atomic E-state index is 11.4. The molecule has 98 valence electrons. The number of ether oxygens (including phenoxy) is 1. The van der Waals surface area contributed by atoms with Gasteiger partial charge >= 0.3 is 5.97 Å². The van der Waals surface area contributed by atoms with Crippen LogP contribution in [0.2, 0.25) is 0 Å². The Morgan fingerprint density at radius 1 is 1.39 bits per heavy atom. The summed E-state index contributed by atoms with van der Waals surface area (Å²) in [4.78, 5) is 22.7. The van der Waals surface area contributed by atoms with E-state index >= 15 is 0 Å². The van der Waals surface area contributed by atoms with Gasteiger partial charge in [-0.3, -0.25) is 4.79 Å². The first kappa shape index (κ1) is 13.8. The lowest BCUT2D eigenvalue weighted by Gasteiger charge is -2.15. The summed E-state index contributed by atoms with van der Waals surface area (Å²) in [6, 6.07) is 4.31. The number of likely N-dealkylation sites (N-methyl/N-ethyl adjacent to an activating group) is 1. The summed E-state index contributed by atoms with van der Waals surface area (Å²) in [5, 5.41) is 5.48. The van der Waals surface area contributed by atoms with Crippen LogP contribution in [0, 0.1) is 0 Å². The highest BCUT2D eigenvalue weighted by atomic mass is 16.5. The van der Waals surface area contributed by atoms with Crippen LogP contribution in [0.5, 0.6) is 0 Å². The number of carbonyl (C=O) groups is 2. The summed E-state index contributed by atoms with van der Waals surface area (Å²) in [5.41, 5.74) is 7.15. The fraction of sp³-hybridized carbons (Fsp3) is 0.333. The quantitative estimate of drug-likeness (QED) is 0.538. The molecule has 1 unspecified atom stereocenters. The van der Waals surface area contributed by atoms with E-state index in [-0.39, 0.29) is 5.91 Å². The van der Waals surface area contributed by atoms with Crippen molar-refractivity contribution >= 4 is 23.3 Å². The molecule has 1 aromatic carbocycles. The highest BCUT2D eigenvalue weighted by Crippen LogP contribution is 2.21. The van der Waals surface area contributed by atoms with Gasteiger partial charge < -0.3 is 21.1 Å². The summed E-state index contributed by atoms with van der Waals surface area (Å²) in [7, 11) is 2.86. The van der Waals surface area contributed by atoms with Crippen molar-refractivity contribution in [2.45, 2.75) is 13.0 Å². The van der Waals surface area contributed by atoms with E-state index in [0.717, 1.165) is 0 Å². The molecule has 0 aliphatic rings. The molecule has 0 aliphatic carbocycles. The maximum atomic E-state index is 11.4. The van der Waals surface area contributed by atoms with E-state index in [4.69, 9.17) is 5.73 Å². The van der Waals surface area contributed by atoms with Crippen LogP contribution < -0.4 is 16.4 Å². The predicted molar refractivity (Wildman–Crippen MR) is 69.3 cm³/mol. The molecule has 4 N–H and O–H groups in total. The van der Waals surface area contributed by atoms with E-state index in [1.165, 1.54) is 13.2 Å². The molecule has 0 radical (unpaired) electrons. The Balaban J connectivity index is 2.86. The molecular formula is C12H17N3O3. The molecule has 0 aromatic heterocycles. The molecular weight excluding hydrogens is 234 g/mol. The van der Waals surface area contributed by atoms with E-state index in [2.05, 4.69) is 15.4 Å². The lowest BCUT2D eigenvalue weighted by Crippen LogP contribution is -2.35. The number of anilines is 2. The summed E-state index contributed by atoms with van der Waals surface area (Å²) < 4.78 is 4.59. The topological polar surface area (TPSA) is 93.5 Å². The van der Waals surface area contributed by atoms with E-state index in [1.807, 2.05) is 0 Å². The van der Waals surface area contributed by atoms with E-state index in [9.17, 15) is 9.59 Å². The molecule has 1 atom stereocenters. The Morgan fingerprint density at radius 2 is 2.06 bits per heavy atom. The second kappa shape index (κ2) is 5.90. The number of nitrogens with one attached hydrogen (secondary N) is 2. The van der Waals surface area contributed by atoms with Gasteiger partial charge in [0.25, 0.3) is 0 Å². The van der Waals surface area contributed by atoms with Crippen molar-refractivity contribution < 1.29 is 14.3 Å². The zero-order valence-corrected chi connectivity index (χ0v) is 10.6. The minimum Gasteiger partial charge on any atom is -0.465 e. The third kappa shape index (κ3) is 3.13. The largest absolute Gasteiger partial charge is 0.465 e. The Morgan fingerprint density at radius 3 is 2.56 bits per heavy atom. The lowest BCUT2D eigenvalue weighted by atomic mass is 10.1. The molecule has 0 heterocycles. The average molecular weight is 251 g/mol. The van der Waals surface area contributed by atoms with Gasteiger partial charge in [-0.1, -0.05) is 0 Å². The molecule has 0 bridgehead atoms. The first-order valence-electron chi connectivity index (χ1n) is 5.45. The summed E-state index contributed by atoms with van der Waals surface area (Å²) in [5.74, 6) is -0.598. The molecule has 0 saturated carbocycles. The SMILES string of the molecule is CNC(=O)C(C)Nc1ccc(C(=O)OC)cc1N. The van der Waals surface area contributed by atoms with Crippen LogP contribution in [0.15, 0.2) is 18.2 Å². The molecule has 1 aromatic rings. The van der Waals surface area contributed by atoms with Gasteiger partial charge in [0, 0.05) is 7.05 Å². The van der Waals surface area contributed by atoms with Crippen molar-refractivity contribution in [2.24, 2.45) is 0 Å². The maximum Gasteiger partial charge on any atom is 0.337 e. The van der Waals surface area contributed by atoms with Crippen molar-refractivity contribution in [3.8, 4) is 0 Å². The molecule has 0 spiro atoms. The highest BCUT2D eigenvalue weighted by Gasteiger charge is 2.13. The lowest BCUT2D eigenvalue weighted by molar-refractivity contribution is -0.121. The third-order valence-corrected chi connectivity index (χ3v) is 2.48. The molecule has 18 heavy (non-hydrogen) atoms. The second-order valence-electron chi connectivity index (χ2n) is 3.77. The van der Waals surface area contributed by atoms with Crippen LogP contribution in [-0.2, 0) is 9.53 Å².